The van der Waals surface area contributed by atoms with Crippen LogP contribution >= 0.6 is 23.2 Å². The van der Waals surface area contributed by atoms with Crippen LogP contribution in [0.5, 0.6) is 5.75 Å². The van der Waals surface area contributed by atoms with Crippen LogP contribution in [-0.2, 0) is 20.2 Å². The Morgan fingerprint density at radius 2 is 2.17 bits per heavy atom. The molecule has 5 nitrogen and oxygen atoms in total. The number of hydrogen-bond acceptors (Lipinski definition) is 4. The molecule has 0 aliphatic heterocycles. The lowest BCUT2D eigenvalue weighted by molar-refractivity contribution is 0.288. The van der Waals surface area contributed by atoms with Crippen LogP contribution < -0.4 is 10.5 Å². The molecule has 1 aromatic heterocycles. The molecule has 2 rings (SSSR count). The van der Waals surface area contributed by atoms with Gasteiger partial charge in [0.25, 0.3) is 0 Å². The second kappa shape index (κ2) is 5.56. The Morgan fingerprint density at radius 1 is 1.39 bits per heavy atom. The monoisotopic (exact) mass is 286 g/mol. The van der Waals surface area contributed by atoms with E-state index in [0.717, 1.165) is 5.56 Å². The zero-order chi connectivity index (χ0) is 13.1. The maximum atomic E-state index is 6.09. The van der Waals surface area contributed by atoms with Crippen LogP contribution in [0.3, 0.4) is 0 Å². The minimum atomic E-state index is 0.269. The second-order valence-corrected chi connectivity index (χ2v) is 4.57. The van der Waals surface area contributed by atoms with Gasteiger partial charge < -0.3 is 15.0 Å². The number of hydrogen-bond donors (Lipinski definition) is 1. The predicted octanol–water partition coefficient (Wildman–Crippen LogP) is 2.16. The summed E-state index contributed by atoms with van der Waals surface area (Å²) in [5.41, 5.74) is 6.40. The SMILES string of the molecule is Cn1cnnc1COc1c(Cl)cc(Cl)cc1CN. The maximum Gasteiger partial charge on any atom is 0.170 e. The quantitative estimate of drug-likeness (QED) is 0.935. The molecule has 0 radical (unpaired) electrons. The van der Waals surface area contributed by atoms with Crippen LogP contribution in [0.25, 0.3) is 0 Å². The molecule has 0 unspecified atom stereocenters. The summed E-state index contributed by atoms with van der Waals surface area (Å²) in [5, 5.41) is 8.66. The van der Waals surface area contributed by atoms with Gasteiger partial charge in [-0.3, -0.25) is 0 Å². The van der Waals surface area contributed by atoms with Gasteiger partial charge in [-0.15, -0.1) is 10.2 Å². The fourth-order valence-corrected chi connectivity index (χ4v) is 2.09. The van der Waals surface area contributed by atoms with Gasteiger partial charge in [-0.05, 0) is 12.1 Å². The maximum absolute atomic E-state index is 6.09. The molecule has 0 atom stereocenters. The lowest BCUT2D eigenvalue weighted by atomic mass is 10.2. The van der Waals surface area contributed by atoms with Gasteiger partial charge in [0.1, 0.15) is 18.7 Å². The number of rotatable bonds is 4. The lowest BCUT2D eigenvalue weighted by Crippen LogP contribution is -2.06. The van der Waals surface area contributed by atoms with Crippen molar-refractivity contribution in [3.05, 3.63) is 39.9 Å². The number of aryl methyl sites for hydroxylation is 1. The fraction of sp³-hybridized carbons (Fsp3) is 0.273. The Hall–Kier alpha value is -1.30. The largest absolute Gasteiger partial charge is 0.484 e. The molecule has 0 aliphatic carbocycles. The third-order valence-corrected chi connectivity index (χ3v) is 2.95. The highest BCUT2D eigenvalue weighted by Gasteiger charge is 2.11. The third kappa shape index (κ3) is 2.75. The number of nitrogens with zero attached hydrogens (tertiary/aromatic N) is 3. The van der Waals surface area contributed by atoms with E-state index in [1.165, 1.54) is 0 Å². The normalized spacial score (nSPS) is 10.7. The van der Waals surface area contributed by atoms with Gasteiger partial charge >= 0.3 is 0 Å². The Balaban J connectivity index is 2.21. The molecule has 1 heterocycles. The van der Waals surface area contributed by atoms with E-state index in [1.54, 1.807) is 23.0 Å². The molecular weight excluding hydrogens is 275 g/mol. The van der Waals surface area contributed by atoms with Gasteiger partial charge in [0, 0.05) is 24.2 Å². The number of aromatic nitrogens is 3. The molecule has 0 bridgehead atoms. The van der Waals surface area contributed by atoms with Crippen LogP contribution in [0.4, 0.5) is 0 Å². The molecule has 96 valence electrons. The molecule has 0 amide bonds. The van der Waals surface area contributed by atoms with E-state index in [2.05, 4.69) is 10.2 Å². The number of ether oxygens (including phenoxy) is 1. The van der Waals surface area contributed by atoms with Gasteiger partial charge in [0.15, 0.2) is 5.82 Å². The summed E-state index contributed by atoms with van der Waals surface area (Å²) in [6, 6.07) is 3.35. The minimum absolute atomic E-state index is 0.269. The predicted molar refractivity (Wildman–Crippen MR) is 69.7 cm³/mol. The van der Waals surface area contributed by atoms with Crippen LogP contribution in [0.1, 0.15) is 11.4 Å². The first-order valence-corrected chi connectivity index (χ1v) is 6.01. The summed E-state index contributed by atoms with van der Waals surface area (Å²) in [6.45, 7) is 0.569. The van der Waals surface area contributed by atoms with Crippen molar-refractivity contribution in [2.75, 3.05) is 0 Å². The molecule has 2 N–H and O–H groups in total. The summed E-state index contributed by atoms with van der Waals surface area (Å²) < 4.78 is 7.41. The molecule has 0 saturated carbocycles. The van der Waals surface area contributed by atoms with Gasteiger partial charge in [-0.1, -0.05) is 23.2 Å². The molecule has 0 saturated heterocycles. The molecule has 0 aliphatic rings. The summed E-state index contributed by atoms with van der Waals surface area (Å²) >= 11 is 12.0. The van der Waals surface area contributed by atoms with E-state index in [9.17, 15) is 0 Å². The first kappa shape index (κ1) is 13.1. The van der Waals surface area contributed by atoms with Crippen LogP contribution in [0.2, 0.25) is 10.0 Å². The average Bonchev–Trinajstić information content (AvgIpc) is 2.73. The Morgan fingerprint density at radius 3 is 2.78 bits per heavy atom. The van der Waals surface area contributed by atoms with Crippen molar-refractivity contribution in [1.29, 1.82) is 0 Å². The van der Waals surface area contributed by atoms with Crippen molar-refractivity contribution in [2.24, 2.45) is 12.8 Å². The molecule has 1 aromatic carbocycles. The topological polar surface area (TPSA) is 66.0 Å². The number of benzene rings is 1. The van der Waals surface area contributed by atoms with Crippen molar-refractivity contribution in [2.45, 2.75) is 13.2 Å². The summed E-state index contributed by atoms with van der Waals surface area (Å²) in [4.78, 5) is 0. The molecule has 7 heteroatoms. The highest BCUT2D eigenvalue weighted by atomic mass is 35.5. The van der Waals surface area contributed by atoms with Crippen molar-refractivity contribution >= 4 is 23.2 Å². The van der Waals surface area contributed by atoms with Crippen molar-refractivity contribution < 1.29 is 4.74 Å². The van der Waals surface area contributed by atoms with Crippen molar-refractivity contribution in [3.8, 4) is 5.75 Å². The fourth-order valence-electron chi connectivity index (χ4n) is 1.50. The summed E-state index contributed by atoms with van der Waals surface area (Å²) in [5.74, 6) is 1.23. The van der Waals surface area contributed by atoms with Crippen molar-refractivity contribution in [1.82, 2.24) is 14.8 Å². The minimum Gasteiger partial charge on any atom is -0.484 e. The van der Waals surface area contributed by atoms with Crippen LogP contribution in [-0.4, -0.2) is 14.8 Å². The third-order valence-electron chi connectivity index (χ3n) is 2.46. The number of nitrogens with two attached hydrogens (primary N) is 1. The molecular formula is C11H12Cl2N4O. The molecule has 0 fully saturated rings. The van der Waals surface area contributed by atoms with E-state index < -0.39 is 0 Å². The number of halogens is 2. The highest BCUT2D eigenvalue weighted by molar-refractivity contribution is 6.35. The van der Waals surface area contributed by atoms with E-state index in [0.29, 0.717) is 28.2 Å². The molecule has 18 heavy (non-hydrogen) atoms. The van der Waals surface area contributed by atoms with Gasteiger partial charge in [-0.25, -0.2) is 0 Å². The Labute approximate surface area is 114 Å². The first-order valence-electron chi connectivity index (χ1n) is 5.25. The average molecular weight is 287 g/mol. The Bertz CT molecular complexity index is 556. The van der Waals surface area contributed by atoms with Gasteiger partial charge in [0.2, 0.25) is 0 Å². The standard InChI is InChI=1S/C11H12Cl2N4O/c1-17-6-15-16-10(17)5-18-11-7(4-14)2-8(12)3-9(11)13/h2-3,6H,4-5,14H2,1H3. The van der Waals surface area contributed by atoms with Crippen LogP contribution in [0, 0.1) is 0 Å². The highest BCUT2D eigenvalue weighted by Crippen LogP contribution is 2.32. The second-order valence-electron chi connectivity index (χ2n) is 3.73. The van der Waals surface area contributed by atoms with Gasteiger partial charge in [-0.2, -0.15) is 0 Å². The van der Waals surface area contributed by atoms with Crippen molar-refractivity contribution in [3.63, 3.8) is 0 Å². The van der Waals surface area contributed by atoms with E-state index in [-0.39, 0.29) is 6.61 Å². The zero-order valence-electron chi connectivity index (χ0n) is 9.73. The first-order chi connectivity index (χ1) is 8.61. The van der Waals surface area contributed by atoms with E-state index >= 15 is 0 Å². The summed E-state index contributed by atoms with van der Waals surface area (Å²) in [7, 11) is 1.84. The van der Waals surface area contributed by atoms with E-state index in [4.69, 9.17) is 33.7 Å². The molecule has 2 aromatic rings. The zero-order valence-corrected chi connectivity index (χ0v) is 11.2. The lowest BCUT2D eigenvalue weighted by Gasteiger charge is -2.12. The van der Waals surface area contributed by atoms with Crippen LogP contribution in [0.15, 0.2) is 18.5 Å². The smallest absolute Gasteiger partial charge is 0.170 e. The Kier molecular flexibility index (Phi) is 4.06. The summed E-state index contributed by atoms with van der Waals surface area (Å²) in [6.07, 6.45) is 1.60. The van der Waals surface area contributed by atoms with Gasteiger partial charge in [0.05, 0.1) is 5.02 Å². The van der Waals surface area contributed by atoms with E-state index in [1.807, 2.05) is 7.05 Å². The molecule has 0 spiro atoms.